The van der Waals surface area contributed by atoms with E-state index in [0.29, 0.717) is 18.0 Å². The summed E-state index contributed by atoms with van der Waals surface area (Å²) in [7, 11) is 0. The number of anilines is 1. The molecule has 0 saturated heterocycles. The minimum atomic E-state index is -0.605. The van der Waals surface area contributed by atoms with Gasteiger partial charge in [0.2, 0.25) is 0 Å². The molecule has 0 unspecified atom stereocenters. The molecule has 0 bridgehead atoms. The Morgan fingerprint density at radius 3 is 2.82 bits per heavy atom. The summed E-state index contributed by atoms with van der Waals surface area (Å²) in [6, 6.07) is 7.12. The zero-order valence-corrected chi connectivity index (χ0v) is 9.81. The lowest BCUT2D eigenvalue weighted by Gasteiger charge is -2.11. The van der Waals surface area contributed by atoms with Crippen molar-refractivity contribution in [3.63, 3.8) is 0 Å². The Labute approximate surface area is 100 Å². The molecule has 5 heteroatoms. The first-order chi connectivity index (χ1) is 8.27. The molecular weight excluding hydrogens is 222 g/mol. The third-order valence-corrected chi connectivity index (χ3v) is 1.91. The van der Waals surface area contributed by atoms with E-state index in [9.17, 15) is 4.79 Å². The van der Waals surface area contributed by atoms with Gasteiger partial charge in [-0.1, -0.05) is 19.1 Å². The van der Waals surface area contributed by atoms with Gasteiger partial charge in [0, 0.05) is 0 Å². The van der Waals surface area contributed by atoms with Crippen LogP contribution in [0.25, 0.3) is 0 Å². The summed E-state index contributed by atoms with van der Waals surface area (Å²) in [6.07, 6.45) is 0.287. The standard InChI is InChI=1S/C12H17NO4/c1-2-8-16-11-6-4-3-5-10(11)13-12(15)17-9-7-14/h3-6,14H,2,7-9H2,1H3,(H,13,15). The van der Waals surface area contributed by atoms with Crippen LogP contribution in [0.2, 0.25) is 0 Å². The van der Waals surface area contributed by atoms with E-state index in [0.717, 1.165) is 6.42 Å². The summed E-state index contributed by atoms with van der Waals surface area (Å²) in [4.78, 5) is 11.3. The Hall–Kier alpha value is -1.75. The number of para-hydroxylation sites is 2. The quantitative estimate of drug-likeness (QED) is 0.796. The molecule has 17 heavy (non-hydrogen) atoms. The van der Waals surface area contributed by atoms with Crippen molar-refractivity contribution in [2.75, 3.05) is 25.1 Å². The average Bonchev–Trinajstić information content (AvgIpc) is 2.35. The van der Waals surface area contributed by atoms with E-state index in [4.69, 9.17) is 14.6 Å². The first-order valence-corrected chi connectivity index (χ1v) is 5.54. The maximum atomic E-state index is 11.3. The predicted octanol–water partition coefficient (Wildman–Crippen LogP) is 2.02. The monoisotopic (exact) mass is 239 g/mol. The van der Waals surface area contributed by atoms with Gasteiger partial charge in [0.15, 0.2) is 0 Å². The Morgan fingerprint density at radius 2 is 2.12 bits per heavy atom. The number of carbonyl (C=O) groups is 1. The summed E-state index contributed by atoms with van der Waals surface area (Å²) < 4.78 is 10.2. The Balaban J connectivity index is 2.59. The van der Waals surface area contributed by atoms with Crippen molar-refractivity contribution in [2.45, 2.75) is 13.3 Å². The number of amides is 1. The summed E-state index contributed by atoms with van der Waals surface area (Å²) in [5, 5.41) is 11.1. The zero-order valence-electron chi connectivity index (χ0n) is 9.81. The fourth-order valence-corrected chi connectivity index (χ4v) is 1.19. The van der Waals surface area contributed by atoms with Crippen LogP contribution in [0.5, 0.6) is 5.75 Å². The molecule has 0 aromatic heterocycles. The number of carbonyl (C=O) groups excluding carboxylic acids is 1. The topological polar surface area (TPSA) is 67.8 Å². The molecule has 2 N–H and O–H groups in total. The lowest BCUT2D eigenvalue weighted by Crippen LogP contribution is -2.16. The van der Waals surface area contributed by atoms with Crippen LogP contribution in [0.4, 0.5) is 10.5 Å². The lowest BCUT2D eigenvalue weighted by molar-refractivity contribution is 0.131. The molecule has 0 fully saturated rings. The molecule has 0 spiro atoms. The smallest absolute Gasteiger partial charge is 0.411 e. The van der Waals surface area contributed by atoms with Gasteiger partial charge in [0.05, 0.1) is 18.9 Å². The highest BCUT2D eigenvalue weighted by Crippen LogP contribution is 2.23. The van der Waals surface area contributed by atoms with Gasteiger partial charge in [-0.05, 0) is 18.6 Å². The highest BCUT2D eigenvalue weighted by atomic mass is 16.6. The van der Waals surface area contributed by atoms with Crippen molar-refractivity contribution in [2.24, 2.45) is 0 Å². The van der Waals surface area contributed by atoms with E-state index in [2.05, 4.69) is 5.32 Å². The number of aliphatic hydroxyl groups is 1. The number of ether oxygens (including phenoxy) is 2. The first kappa shape index (κ1) is 13.3. The van der Waals surface area contributed by atoms with Crippen LogP contribution < -0.4 is 10.1 Å². The first-order valence-electron chi connectivity index (χ1n) is 5.54. The van der Waals surface area contributed by atoms with Crippen LogP contribution in [0.1, 0.15) is 13.3 Å². The normalized spacial score (nSPS) is 9.76. The number of rotatable bonds is 6. The van der Waals surface area contributed by atoms with Gasteiger partial charge in [0.1, 0.15) is 12.4 Å². The van der Waals surface area contributed by atoms with Crippen molar-refractivity contribution in [3.8, 4) is 5.75 Å². The van der Waals surface area contributed by atoms with Crippen LogP contribution >= 0.6 is 0 Å². The molecule has 1 aromatic rings. The van der Waals surface area contributed by atoms with E-state index in [1.54, 1.807) is 18.2 Å². The number of nitrogens with one attached hydrogen (secondary N) is 1. The molecule has 0 radical (unpaired) electrons. The van der Waals surface area contributed by atoms with Gasteiger partial charge in [-0.3, -0.25) is 5.32 Å². The van der Waals surface area contributed by atoms with Crippen molar-refractivity contribution < 1.29 is 19.4 Å². The summed E-state index contributed by atoms with van der Waals surface area (Å²) in [6.45, 7) is 2.38. The molecule has 0 aliphatic carbocycles. The molecule has 0 heterocycles. The van der Waals surface area contributed by atoms with Crippen LogP contribution in [-0.4, -0.2) is 31.0 Å². The number of aliphatic hydroxyl groups excluding tert-OH is 1. The Bertz CT molecular complexity index is 354. The second-order valence-corrected chi connectivity index (χ2v) is 3.33. The molecule has 5 nitrogen and oxygen atoms in total. The SMILES string of the molecule is CCCOc1ccccc1NC(=O)OCCO. The second kappa shape index (κ2) is 7.51. The number of hydrogen-bond acceptors (Lipinski definition) is 4. The maximum Gasteiger partial charge on any atom is 0.411 e. The average molecular weight is 239 g/mol. The fraction of sp³-hybridized carbons (Fsp3) is 0.417. The lowest BCUT2D eigenvalue weighted by atomic mass is 10.3. The van der Waals surface area contributed by atoms with Crippen molar-refractivity contribution in [3.05, 3.63) is 24.3 Å². The van der Waals surface area contributed by atoms with E-state index in [1.165, 1.54) is 0 Å². The van der Waals surface area contributed by atoms with E-state index in [1.807, 2.05) is 13.0 Å². The van der Waals surface area contributed by atoms with Gasteiger partial charge in [-0.15, -0.1) is 0 Å². The fourth-order valence-electron chi connectivity index (χ4n) is 1.19. The zero-order chi connectivity index (χ0) is 12.5. The third kappa shape index (κ3) is 4.74. The van der Waals surface area contributed by atoms with Crippen molar-refractivity contribution >= 4 is 11.8 Å². The molecule has 0 aliphatic heterocycles. The Kier molecular flexibility index (Phi) is 5.88. The summed E-state index contributed by atoms with van der Waals surface area (Å²) >= 11 is 0. The summed E-state index contributed by atoms with van der Waals surface area (Å²) in [5.74, 6) is 0.607. The van der Waals surface area contributed by atoms with Crippen LogP contribution in [0.3, 0.4) is 0 Å². The minimum Gasteiger partial charge on any atom is -0.491 e. The number of benzene rings is 1. The maximum absolute atomic E-state index is 11.3. The molecule has 0 atom stereocenters. The molecule has 0 aliphatic rings. The van der Waals surface area contributed by atoms with Crippen LogP contribution in [0.15, 0.2) is 24.3 Å². The molecule has 94 valence electrons. The molecule has 1 aromatic carbocycles. The van der Waals surface area contributed by atoms with Crippen LogP contribution in [-0.2, 0) is 4.74 Å². The summed E-state index contributed by atoms with van der Waals surface area (Å²) in [5.41, 5.74) is 0.559. The highest BCUT2D eigenvalue weighted by molar-refractivity contribution is 5.86. The predicted molar refractivity (Wildman–Crippen MR) is 64.3 cm³/mol. The minimum absolute atomic E-state index is 0.0240. The Morgan fingerprint density at radius 1 is 1.35 bits per heavy atom. The number of hydrogen-bond donors (Lipinski definition) is 2. The van der Waals surface area contributed by atoms with Crippen molar-refractivity contribution in [1.29, 1.82) is 0 Å². The molecule has 1 rings (SSSR count). The van der Waals surface area contributed by atoms with Gasteiger partial charge >= 0.3 is 6.09 Å². The van der Waals surface area contributed by atoms with E-state index < -0.39 is 6.09 Å². The van der Waals surface area contributed by atoms with Gasteiger partial charge < -0.3 is 14.6 Å². The molecule has 0 saturated carbocycles. The highest BCUT2D eigenvalue weighted by Gasteiger charge is 2.07. The third-order valence-electron chi connectivity index (χ3n) is 1.91. The van der Waals surface area contributed by atoms with Crippen molar-refractivity contribution in [1.82, 2.24) is 0 Å². The van der Waals surface area contributed by atoms with Gasteiger partial charge in [-0.2, -0.15) is 0 Å². The van der Waals surface area contributed by atoms with E-state index in [-0.39, 0.29) is 13.2 Å². The van der Waals surface area contributed by atoms with Crippen LogP contribution in [0, 0.1) is 0 Å². The largest absolute Gasteiger partial charge is 0.491 e. The van der Waals surface area contributed by atoms with Gasteiger partial charge in [-0.25, -0.2) is 4.79 Å². The molecular formula is C12H17NO4. The second-order valence-electron chi connectivity index (χ2n) is 3.33. The van der Waals surface area contributed by atoms with Gasteiger partial charge in [0.25, 0.3) is 0 Å². The van der Waals surface area contributed by atoms with E-state index >= 15 is 0 Å². The molecule has 1 amide bonds.